The van der Waals surface area contributed by atoms with E-state index in [2.05, 4.69) is 28.9 Å². The van der Waals surface area contributed by atoms with Crippen LogP contribution in [0.15, 0.2) is 12.1 Å². The van der Waals surface area contributed by atoms with Crippen molar-refractivity contribution in [2.75, 3.05) is 59.7 Å². The maximum Gasteiger partial charge on any atom is 0.163 e. The number of benzene rings is 1. The highest BCUT2D eigenvalue weighted by Crippen LogP contribution is 2.38. The third-order valence-electron chi connectivity index (χ3n) is 7.79. The van der Waals surface area contributed by atoms with E-state index in [9.17, 15) is 0 Å². The van der Waals surface area contributed by atoms with Gasteiger partial charge in [-0.25, -0.2) is 9.97 Å². The molecule has 3 fully saturated rings. The monoisotopic (exact) mass is 468 g/mol. The molecule has 0 bridgehead atoms. The van der Waals surface area contributed by atoms with Crippen LogP contribution in [0.3, 0.4) is 0 Å². The lowest BCUT2D eigenvalue weighted by molar-refractivity contribution is 0.121. The van der Waals surface area contributed by atoms with Crippen molar-refractivity contribution in [3.63, 3.8) is 0 Å². The molecule has 2 aromatic rings. The van der Waals surface area contributed by atoms with Crippen molar-refractivity contribution < 1.29 is 14.2 Å². The summed E-state index contributed by atoms with van der Waals surface area (Å²) in [6.45, 7) is 10.4. The van der Waals surface area contributed by atoms with E-state index in [1.165, 1.54) is 38.0 Å². The Bertz CT molecular complexity index is 949. The quantitative estimate of drug-likeness (QED) is 0.515. The van der Waals surface area contributed by atoms with Crippen molar-refractivity contribution in [1.29, 1.82) is 0 Å². The Morgan fingerprint density at radius 3 is 2.56 bits per heavy atom. The van der Waals surface area contributed by atoms with Crippen molar-refractivity contribution >= 4 is 10.9 Å². The van der Waals surface area contributed by atoms with Crippen molar-refractivity contribution in [1.82, 2.24) is 19.8 Å². The van der Waals surface area contributed by atoms with E-state index in [1.54, 1.807) is 7.11 Å². The van der Waals surface area contributed by atoms with Gasteiger partial charge in [0.1, 0.15) is 5.82 Å². The largest absolute Gasteiger partial charge is 0.493 e. The van der Waals surface area contributed by atoms with Gasteiger partial charge in [0.05, 0.1) is 31.5 Å². The number of rotatable bonds is 9. The van der Waals surface area contributed by atoms with Gasteiger partial charge < -0.3 is 19.1 Å². The summed E-state index contributed by atoms with van der Waals surface area (Å²) in [6, 6.07) is 4.77. The number of ether oxygens (including phenoxy) is 3. The first-order valence-electron chi connectivity index (χ1n) is 13.3. The molecule has 0 aliphatic carbocycles. The average Bonchev–Trinajstić information content (AvgIpc) is 3.60. The Morgan fingerprint density at radius 2 is 1.85 bits per heavy atom. The minimum Gasteiger partial charge on any atom is -0.493 e. The Kier molecular flexibility index (Phi) is 7.82. The molecule has 1 aromatic heterocycles. The molecular formula is C27H40N4O3. The molecule has 34 heavy (non-hydrogen) atoms. The van der Waals surface area contributed by atoms with Crippen LogP contribution < -0.4 is 9.47 Å². The van der Waals surface area contributed by atoms with Gasteiger partial charge in [0, 0.05) is 43.0 Å². The fourth-order valence-electron chi connectivity index (χ4n) is 5.78. The third kappa shape index (κ3) is 5.31. The van der Waals surface area contributed by atoms with Gasteiger partial charge in [-0.05, 0) is 70.8 Å². The van der Waals surface area contributed by atoms with Gasteiger partial charge in [0.25, 0.3) is 0 Å². The minimum absolute atomic E-state index is 0.450. The molecule has 1 unspecified atom stereocenters. The number of aromatic nitrogens is 2. The minimum atomic E-state index is 0.450. The van der Waals surface area contributed by atoms with Crippen LogP contribution in [-0.2, 0) is 11.2 Å². The normalized spacial score (nSPS) is 22.6. The Labute approximate surface area is 203 Å². The fraction of sp³-hybridized carbons (Fsp3) is 0.704. The zero-order valence-corrected chi connectivity index (χ0v) is 20.9. The van der Waals surface area contributed by atoms with Gasteiger partial charge in [-0.2, -0.15) is 0 Å². The van der Waals surface area contributed by atoms with Crippen LogP contribution in [-0.4, -0.2) is 85.5 Å². The van der Waals surface area contributed by atoms with Crippen LogP contribution in [0, 0.1) is 0 Å². The summed E-state index contributed by atoms with van der Waals surface area (Å²) in [5.74, 6) is 2.94. The maximum atomic E-state index is 6.20. The summed E-state index contributed by atoms with van der Waals surface area (Å²) < 4.78 is 17.6. The van der Waals surface area contributed by atoms with Gasteiger partial charge in [0.2, 0.25) is 0 Å². The summed E-state index contributed by atoms with van der Waals surface area (Å²) >= 11 is 0. The molecule has 0 amide bonds. The lowest BCUT2D eigenvalue weighted by Gasteiger charge is -2.35. The lowest BCUT2D eigenvalue weighted by Crippen LogP contribution is -2.41. The van der Waals surface area contributed by atoms with Crippen molar-refractivity contribution in [2.24, 2.45) is 0 Å². The van der Waals surface area contributed by atoms with Crippen LogP contribution in [0.25, 0.3) is 10.9 Å². The van der Waals surface area contributed by atoms with Gasteiger partial charge >= 0.3 is 0 Å². The highest BCUT2D eigenvalue weighted by atomic mass is 16.5. The second-order valence-corrected chi connectivity index (χ2v) is 9.98. The molecule has 3 saturated heterocycles. The molecule has 186 valence electrons. The van der Waals surface area contributed by atoms with E-state index >= 15 is 0 Å². The van der Waals surface area contributed by atoms with E-state index in [0.29, 0.717) is 18.6 Å². The first kappa shape index (κ1) is 23.8. The van der Waals surface area contributed by atoms with E-state index in [1.807, 2.05) is 0 Å². The van der Waals surface area contributed by atoms with E-state index in [-0.39, 0.29) is 0 Å². The van der Waals surface area contributed by atoms with Crippen LogP contribution in [0.2, 0.25) is 0 Å². The molecule has 4 heterocycles. The molecule has 7 nitrogen and oxygen atoms in total. The highest BCUT2D eigenvalue weighted by Gasteiger charge is 2.30. The molecule has 0 spiro atoms. The highest BCUT2D eigenvalue weighted by molar-refractivity contribution is 5.85. The number of hydrogen-bond donors (Lipinski definition) is 0. The molecule has 3 aliphatic rings. The first-order chi connectivity index (χ1) is 16.7. The van der Waals surface area contributed by atoms with E-state index in [4.69, 9.17) is 24.2 Å². The van der Waals surface area contributed by atoms with Crippen molar-refractivity contribution in [2.45, 2.75) is 63.8 Å². The molecule has 3 aliphatic heterocycles. The summed E-state index contributed by atoms with van der Waals surface area (Å²) in [5, 5.41) is 1.11. The fourth-order valence-corrected chi connectivity index (χ4v) is 5.78. The molecule has 1 aromatic carbocycles. The SMILES string of the molecule is CCc1nc(C2CCN(C3CCOC3)CC2)c2cc(OC)c(OCCCN3CCCC3)cc2n1. The van der Waals surface area contributed by atoms with Crippen molar-refractivity contribution in [3.8, 4) is 11.5 Å². The number of fused-ring (bicyclic) bond motifs is 1. The molecule has 0 saturated carbocycles. The topological polar surface area (TPSA) is 60.0 Å². The van der Waals surface area contributed by atoms with Gasteiger partial charge in [-0.15, -0.1) is 0 Å². The Morgan fingerprint density at radius 1 is 1.03 bits per heavy atom. The summed E-state index contributed by atoms with van der Waals surface area (Å²) in [6.07, 6.45) is 7.94. The predicted molar refractivity (Wildman–Crippen MR) is 134 cm³/mol. The summed E-state index contributed by atoms with van der Waals surface area (Å²) in [7, 11) is 1.72. The van der Waals surface area contributed by atoms with Crippen LogP contribution in [0.4, 0.5) is 0 Å². The standard InChI is InChI=1S/C27H40N4O3/c1-3-26-28-23-18-25(34-15-6-12-30-10-4-5-11-30)24(32-2)17-22(23)27(29-26)20-7-13-31(14-8-20)21-9-16-33-19-21/h17-18,20-21H,3-16,19H2,1-2H3. The zero-order chi connectivity index (χ0) is 23.3. The second-order valence-electron chi connectivity index (χ2n) is 9.98. The Hall–Kier alpha value is -1.96. The van der Waals surface area contributed by atoms with Gasteiger partial charge in [-0.3, -0.25) is 4.90 Å². The number of hydrogen-bond acceptors (Lipinski definition) is 7. The maximum absolute atomic E-state index is 6.20. The molecular weight excluding hydrogens is 428 g/mol. The zero-order valence-electron chi connectivity index (χ0n) is 20.9. The Balaban J connectivity index is 1.32. The van der Waals surface area contributed by atoms with E-state index in [0.717, 1.165) is 86.8 Å². The first-order valence-corrected chi connectivity index (χ1v) is 13.3. The molecule has 0 radical (unpaired) electrons. The molecule has 5 rings (SSSR count). The van der Waals surface area contributed by atoms with Gasteiger partial charge in [0.15, 0.2) is 11.5 Å². The predicted octanol–water partition coefficient (Wildman–Crippen LogP) is 4.03. The number of methoxy groups -OCH3 is 1. The molecule has 1 atom stereocenters. The third-order valence-corrected chi connectivity index (χ3v) is 7.79. The smallest absolute Gasteiger partial charge is 0.163 e. The van der Waals surface area contributed by atoms with Crippen LogP contribution >= 0.6 is 0 Å². The summed E-state index contributed by atoms with van der Waals surface area (Å²) in [5.41, 5.74) is 2.16. The number of aryl methyl sites for hydroxylation is 1. The van der Waals surface area contributed by atoms with Gasteiger partial charge in [-0.1, -0.05) is 6.92 Å². The lowest BCUT2D eigenvalue weighted by atomic mass is 9.90. The van der Waals surface area contributed by atoms with Crippen LogP contribution in [0.5, 0.6) is 11.5 Å². The number of likely N-dealkylation sites (tertiary alicyclic amines) is 2. The van der Waals surface area contributed by atoms with Crippen LogP contribution in [0.1, 0.15) is 62.9 Å². The van der Waals surface area contributed by atoms with Crippen molar-refractivity contribution in [3.05, 3.63) is 23.7 Å². The second kappa shape index (κ2) is 11.2. The number of nitrogens with zero attached hydrogens (tertiary/aromatic N) is 4. The van der Waals surface area contributed by atoms with E-state index < -0.39 is 0 Å². The molecule has 0 N–H and O–H groups in total. The molecule has 7 heteroatoms. The number of piperidine rings is 1. The summed E-state index contributed by atoms with van der Waals surface area (Å²) in [4.78, 5) is 15.0. The average molecular weight is 469 g/mol.